The highest BCUT2D eigenvalue weighted by atomic mass is 32.1. The van der Waals surface area contributed by atoms with Gasteiger partial charge < -0.3 is 25.3 Å². The second-order valence-electron chi connectivity index (χ2n) is 11.9. The molecule has 1 saturated heterocycles. The first kappa shape index (κ1) is 33.7. The Hall–Kier alpha value is -3.62. The van der Waals surface area contributed by atoms with Gasteiger partial charge in [0.2, 0.25) is 11.8 Å². The van der Waals surface area contributed by atoms with Crippen LogP contribution in [0.15, 0.2) is 54.7 Å². The first-order valence-electron chi connectivity index (χ1n) is 14.1. The fourth-order valence-electron chi connectivity index (χ4n) is 5.10. The zero-order chi connectivity index (χ0) is 33.6. The SMILES string of the molecule is CC(C)(C)C(NC(=O)c1cc2cc(C(F)(F)P(=O)(O)O)ccc2s1)C(=O)N1CCCC1C(=O)Nc1ncc(-c2ccc(F)cc2)s1. The van der Waals surface area contributed by atoms with E-state index < -0.39 is 54.0 Å². The van der Waals surface area contributed by atoms with Crippen molar-refractivity contribution < 1.29 is 41.9 Å². The molecule has 2 atom stereocenters. The van der Waals surface area contributed by atoms with Gasteiger partial charge in [0.05, 0.1) is 9.75 Å². The summed E-state index contributed by atoms with van der Waals surface area (Å²) in [6, 6.07) is 8.38. The highest BCUT2D eigenvalue weighted by Gasteiger charge is 2.50. The van der Waals surface area contributed by atoms with E-state index in [1.54, 1.807) is 39.1 Å². The molecule has 0 saturated carbocycles. The van der Waals surface area contributed by atoms with Crippen molar-refractivity contribution in [3.63, 3.8) is 0 Å². The monoisotopic (exact) mass is 694 g/mol. The van der Waals surface area contributed by atoms with Gasteiger partial charge in [-0.05, 0) is 59.5 Å². The average molecular weight is 695 g/mol. The predicted molar refractivity (Wildman–Crippen MR) is 169 cm³/mol. The lowest BCUT2D eigenvalue weighted by atomic mass is 9.85. The number of alkyl halides is 2. The number of hydrogen-bond acceptors (Lipinski definition) is 7. The first-order chi connectivity index (χ1) is 21.5. The predicted octanol–water partition coefficient (Wildman–Crippen LogP) is 6.17. The molecule has 46 heavy (non-hydrogen) atoms. The quantitative estimate of drug-likeness (QED) is 0.161. The number of carbonyl (C=O) groups is 3. The molecule has 2 unspecified atom stereocenters. The molecule has 2 aromatic carbocycles. The van der Waals surface area contributed by atoms with E-state index in [1.165, 1.54) is 40.5 Å². The van der Waals surface area contributed by atoms with Crippen molar-refractivity contribution in [2.45, 2.75) is 51.4 Å². The van der Waals surface area contributed by atoms with Crippen LogP contribution in [0.4, 0.5) is 18.3 Å². The molecule has 0 bridgehead atoms. The highest BCUT2D eigenvalue weighted by molar-refractivity contribution is 7.52. The minimum Gasteiger partial charge on any atom is -0.339 e. The van der Waals surface area contributed by atoms with E-state index in [0.717, 1.165) is 33.9 Å². The summed E-state index contributed by atoms with van der Waals surface area (Å²) in [5.41, 5.74) is -5.34. The van der Waals surface area contributed by atoms with Gasteiger partial charge in [0.25, 0.3) is 5.91 Å². The lowest BCUT2D eigenvalue weighted by Gasteiger charge is -2.35. The zero-order valence-corrected chi connectivity index (χ0v) is 27.3. The van der Waals surface area contributed by atoms with E-state index in [9.17, 15) is 32.1 Å². The molecule has 10 nitrogen and oxygen atoms in total. The van der Waals surface area contributed by atoms with Crippen LogP contribution in [-0.2, 0) is 19.8 Å². The van der Waals surface area contributed by atoms with Gasteiger partial charge >= 0.3 is 13.3 Å². The number of fused-ring (bicyclic) bond motifs is 1. The van der Waals surface area contributed by atoms with E-state index >= 15 is 0 Å². The van der Waals surface area contributed by atoms with E-state index in [4.69, 9.17) is 9.79 Å². The Labute approximate surface area is 269 Å². The standard InChI is InChI=1S/C30H30F3N4O6PS2/c1-29(2,3)24(35-26(39)22-14-17-13-18(8-11-21(17)45-22)30(32,33)44(41,42)43)27(40)37-12-4-5-20(37)25(38)36-28-34-15-23(46-28)16-6-9-19(31)10-7-16/h6-11,13-15,20,24H,4-5,12H2,1-3H3,(H,35,39)(H,34,36,38)(H2,41,42,43). The molecule has 1 aliphatic rings. The highest BCUT2D eigenvalue weighted by Crippen LogP contribution is 2.59. The number of rotatable bonds is 8. The number of amides is 3. The Bertz CT molecular complexity index is 1850. The topological polar surface area (TPSA) is 149 Å². The largest absolute Gasteiger partial charge is 0.399 e. The Morgan fingerprint density at radius 2 is 1.76 bits per heavy atom. The number of nitrogens with one attached hydrogen (secondary N) is 2. The van der Waals surface area contributed by atoms with Crippen molar-refractivity contribution in [3.8, 4) is 10.4 Å². The first-order valence-corrected chi connectivity index (χ1v) is 17.3. The Morgan fingerprint density at radius 3 is 2.41 bits per heavy atom. The third kappa shape index (κ3) is 6.88. The Morgan fingerprint density at radius 1 is 1.07 bits per heavy atom. The molecule has 5 rings (SSSR count). The molecule has 0 aliphatic carbocycles. The van der Waals surface area contributed by atoms with Gasteiger partial charge in [-0.2, -0.15) is 8.78 Å². The number of likely N-dealkylation sites (tertiary alicyclic amines) is 1. The van der Waals surface area contributed by atoms with Crippen LogP contribution in [0.3, 0.4) is 0 Å². The summed E-state index contributed by atoms with van der Waals surface area (Å²) < 4.78 is 53.6. The van der Waals surface area contributed by atoms with Crippen molar-refractivity contribution in [1.29, 1.82) is 0 Å². The molecule has 0 radical (unpaired) electrons. The second-order valence-corrected chi connectivity index (χ2v) is 15.7. The number of halogens is 3. The number of hydrogen-bond donors (Lipinski definition) is 4. The second kappa shape index (κ2) is 12.5. The van der Waals surface area contributed by atoms with Gasteiger partial charge in [-0.15, -0.1) is 11.3 Å². The molecule has 3 amide bonds. The lowest BCUT2D eigenvalue weighted by Crippen LogP contribution is -2.57. The summed E-state index contributed by atoms with van der Waals surface area (Å²) in [5, 5.41) is 6.02. The van der Waals surface area contributed by atoms with E-state index in [0.29, 0.717) is 22.7 Å². The van der Waals surface area contributed by atoms with Crippen LogP contribution in [0.5, 0.6) is 0 Å². The van der Waals surface area contributed by atoms with Gasteiger partial charge in [-0.1, -0.05) is 50.3 Å². The molecule has 4 aromatic rings. The molecule has 1 aliphatic heterocycles. The van der Waals surface area contributed by atoms with Gasteiger partial charge in [-0.25, -0.2) is 9.37 Å². The Kier molecular flexibility index (Phi) is 9.19. The summed E-state index contributed by atoms with van der Waals surface area (Å²) in [4.78, 5) is 65.3. The summed E-state index contributed by atoms with van der Waals surface area (Å²) in [5.74, 6) is -1.91. The van der Waals surface area contributed by atoms with Gasteiger partial charge in [0.1, 0.15) is 17.9 Å². The van der Waals surface area contributed by atoms with Crippen molar-refractivity contribution >= 4 is 63.2 Å². The van der Waals surface area contributed by atoms with Gasteiger partial charge in [-0.3, -0.25) is 18.9 Å². The van der Waals surface area contributed by atoms with Gasteiger partial charge in [0, 0.05) is 23.0 Å². The van der Waals surface area contributed by atoms with Crippen LogP contribution in [0.25, 0.3) is 20.5 Å². The minimum atomic E-state index is -5.78. The molecule has 244 valence electrons. The maximum Gasteiger partial charge on any atom is 0.399 e. The molecular formula is C30H30F3N4O6PS2. The molecule has 4 N–H and O–H groups in total. The van der Waals surface area contributed by atoms with Crippen LogP contribution in [0, 0.1) is 11.2 Å². The van der Waals surface area contributed by atoms with Crippen LogP contribution >= 0.6 is 30.3 Å². The van der Waals surface area contributed by atoms with Crippen molar-refractivity contribution in [2.24, 2.45) is 5.41 Å². The van der Waals surface area contributed by atoms with Crippen molar-refractivity contribution in [3.05, 3.63) is 71.0 Å². The van der Waals surface area contributed by atoms with E-state index in [-0.39, 0.29) is 22.6 Å². The average Bonchev–Trinajstić information content (AvgIpc) is 3.74. The summed E-state index contributed by atoms with van der Waals surface area (Å²) in [6.07, 6.45) is 2.52. The minimum absolute atomic E-state index is 0.102. The molecule has 1 fully saturated rings. The number of carbonyl (C=O) groups excluding carboxylic acids is 3. The number of nitrogens with zero attached hydrogens (tertiary/aromatic N) is 2. The lowest BCUT2D eigenvalue weighted by molar-refractivity contribution is -0.140. The number of thiazole rings is 1. The Balaban J connectivity index is 1.31. The summed E-state index contributed by atoms with van der Waals surface area (Å²) in [6.45, 7) is 5.57. The third-order valence-corrected chi connectivity index (χ3v) is 10.6. The number of anilines is 1. The van der Waals surface area contributed by atoms with Crippen molar-refractivity contribution in [1.82, 2.24) is 15.2 Å². The molecule has 3 heterocycles. The zero-order valence-electron chi connectivity index (χ0n) is 24.8. The summed E-state index contributed by atoms with van der Waals surface area (Å²) in [7, 11) is -5.78. The van der Waals surface area contributed by atoms with E-state index in [1.807, 2.05) is 0 Å². The molecular weight excluding hydrogens is 664 g/mol. The molecule has 2 aromatic heterocycles. The molecule has 16 heteroatoms. The number of aromatic nitrogens is 1. The van der Waals surface area contributed by atoms with Crippen molar-refractivity contribution in [2.75, 3.05) is 11.9 Å². The normalized spacial score (nSPS) is 16.4. The van der Waals surface area contributed by atoms with Gasteiger partial charge in [0.15, 0.2) is 5.13 Å². The van der Waals surface area contributed by atoms with Crippen LogP contribution in [0.1, 0.15) is 48.8 Å². The number of thiophene rings is 1. The van der Waals surface area contributed by atoms with Crippen LogP contribution in [-0.4, -0.2) is 56.0 Å². The fraction of sp³-hybridized carbons (Fsp3) is 0.333. The fourth-order valence-corrected chi connectivity index (χ4v) is 7.34. The van der Waals surface area contributed by atoms with Crippen LogP contribution < -0.4 is 10.6 Å². The molecule has 0 spiro atoms. The summed E-state index contributed by atoms with van der Waals surface area (Å²) >= 11 is 2.18. The van der Waals surface area contributed by atoms with E-state index in [2.05, 4.69) is 15.6 Å². The maximum absolute atomic E-state index is 14.3. The smallest absolute Gasteiger partial charge is 0.339 e. The third-order valence-electron chi connectivity index (χ3n) is 7.54. The maximum atomic E-state index is 14.3. The number of benzene rings is 2. The van der Waals surface area contributed by atoms with Crippen LogP contribution in [0.2, 0.25) is 0 Å².